The third-order valence-corrected chi connectivity index (χ3v) is 5.53. The molecule has 0 N–H and O–H groups in total. The fourth-order valence-corrected chi connectivity index (χ4v) is 3.88. The van der Waals surface area contributed by atoms with Gasteiger partial charge in [-0.2, -0.15) is 0 Å². The van der Waals surface area contributed by atoms with E-state index >= 15 is 0 Å². The van der Waals surface area contributed by atoms with Crippen LogP contribution in [-0.4, -0.2) is 6.67 Å². The normalized spacial score (nSPS) is 20.9. The second-order valence-electron chi connectivity index (χ2n) is 7.19. The summed E-state index contributed by atoms with van der Waals surface area (Å²) in [6, 6.07) is 18.1. The largest absolute Gasteiger partial charge is 0.251 e. The molecule has 1 fully saturated rings. The van der Waals surface area contributed by atoms with Crippen molar-refractivity contribution in [3.05, 3.63) is 71.8 Å². The van der Waals surface area contributed by atoms with E-state index in [1.165, 1.54) is 47.9 Å². The Balaban J connectivity index is 1.59. The molecule has 0 saturated heterocycles. The van der Waals surface area contributed by atoms with Crippen LogP contribution >= 0.6 is 0 Å². The molecule has 1 aliphatic rings. The van der Waals surface area contributed by atoms with E-state index in [2.05, 4.69) is 61.5 Å². The monoisotopic (exact) mass is 336 g/mol. The summed E-state index contributed by atoms with van der Waals surface area (Å²) in [5.41, 5.74) is 5.46. The van der Waals surface area contributed by atoms with Gasteiger partial charge in [0, 0.05) is 0 Å². The lowest BCUT2D eigenvalue weighted by Crippen LogP contribution is -2.11. The number of halogens is 1. The maximum Gasteiger partial charge on any atom is 0.0928 e. The molecule has 2 aromatic carbocycles. The van der Waals surface area contributed by atoms with Crippen LogP contribution in [0.3, 0.4) is 0 Å². The molecule has 0 amide bonds. The predicted octanol–water partition coefficient (Wildman–Crippen LogP) is 7.11. The average Bonchev–Trinajstić information content (AvgIpc) is 2.69. The first-order valence-electron chi connectivity index (χ1n) is 9.72. The maximum absolute atomic E-state index is 12.2. The summed E-state index contributed by atoms with van der Waals surface area (Å²) in [7, 11) is 0. The van der Waals surface area contributed by atoms with Gasteiger partial charge in [0.15, 0.2) is 0 Å². The SMILES string of the molecule is CCc1ccc(-c2ccc(C3CCC(/C=C/CCF)CC3)cc2)cc1. The molecule has 2 aromatic rings. The molecule has 0 aromatic heterocycles. The summed E-state index contributed by atoms with van der Waals surface area (Å²) < 4.78 is 12.2. The molecule has 0 radical (unpaired) electrons. The van der Waals surface area contributed by atoms with Gasteiger partial charge in [0.05, 0.1) is 6.67 Å². The minimum absolute atomic E-state index is 0.237. The van der Waals surface area contributed by atoms with Crippen LogP contribution in [0.4, 0.5) is 4.39 Å². The van der Waals surface area contributed by atoms with Crippen LogP contribution in [0.25, 0.3) is 11.1 Å². The van der Waals surface area contributed by atoms with Gasteiger partial charge in [-0.05, 0) is 72.6 Å². The van der Waals surface area contributed by atoms with Crippen molar-refractivity contribution in [1.82, 2.24) is 0 Å². The highest BCUT2D eigenvalue weighted by Gasteiger charge is 2.20. The minimum atomic E-state index is -0.237. The van der Waals surface area contributed by atoms with Crippen LogP contribution < -0.4 is 0 Å². The number of rotatable bonds is 6. The van der Waals surface area contributed by atoms with Crippen LogP contribution in [0.5, 0.6) is 0 Å². The van der Waals surface area contributed by atoms with Crippen LogP contribution in [0.1, 0.15) is 56.1 Å². The lowest BCUT2D eigenvalue weighted by Gasteiger charge is -2.27. The molecular weight excluding hydrogens is 307 g/mol. The van der Waals surface area contributed by atoms with E-state index in [9.17, 15) is 4.39 Å². The van der Waals surface area contributed by atoms with Crippen molar-refractivity contribution in [2.45, 2.75) is 51.4 Å². The van der Waals surface area contributed by atoms with Gasteiger partial charge >= 0.3 is 0 Å². The van der Waals surface area contributed by atoms with Crippen LogP contribution in [-0.2, 0) is 6.42 Å². The third kappa shape index (κ3) is 4.81. The van der Waals surface area contributed by atoms with Gasteiger partial charge in [-0.1, -0.05) is 67.6 Å². The first kappa shape index (κ1) is 17.9. The molecule has 25 heavy (non-hydrogen) atoms. The Morgan fingerprint density at radius 1 is 0.880 bits per heavy atom. The molecule has 1 aliphatic carbocycles. The Bertz CT molecular complexity index is 658. The zero-order valence-corrected chi connectivity index (χ0v) is 15.3. The van der Waals surface area contributed by atoms with E-state index in [0.717, 1.165) is 6.42 Å². The lowest BCUT2D eigenvalue weighted by atomic mass is 9.78. The van der Waals surface area contributed by atoms with Gasteiger partial charge < -0.3 is 0 Å². The highest BCUT2D eigenvalue weighted by Crippen LogP contribution is 2.37. The summed E-state index contributed by atoms with van der Waals surface area (Å²) in [6.07, 6.45) is 10.9. The van der Waals surface area contributed by atoms with Crippen LogP contribution in [0, 0.1) is 5.92 Å². The summed E-state index contributed by atoms with van der Waals surface area (Å²) >= 11 is 0. The Hall–Kier alpha value is -1.89. The van der Waals surface area contributed by atoms with Crippen molar-refractivity contribution in [3.63, 3.8) is 0 Å². The Morgan fingerprint density at radius 3 is 2.04 bits per heavy atom. The summed E-state index contributed by atoms with van der Waals surface area (Å²) in [4.78, 5) is 0. The van der Waals surface area contributed by atoms with Crippen molar-refractivity contribution in [1.29, 1.82) is 0 Å². The topological polar surface area (TPSA) is 0 Å². The fourth-order valence-electron chi connectivity index (χ4n) is 3.88. The quantitative estimate of drug-likeness (QED) is 0.493. The second-order valence-corrected chi connectivity index (χ2v) is 7.19. The third-order valence-electron chi connectivity index (χ3n) is 5.53. The Labute approximate surface area is 151 Å². The van der Waals surface area contributed by atoms with Crippen LogP contribution in [0.15, 0.2) is 60.7 Å². The van der Waals surface area contributed by atoms with Gasteiger partial charge in [0.1, 0.15) is 0 Å². The molecule has 0 aliphatic heterocycles. The molecule has 0 bridgehead atoms. The van der Waals surface area contributed by atoms with Gasteiger partial charge in [-0.3, -0.25) is 4.39 Å². The summed E-state index contributed by atoms with van der Waals surface area (Å²) in [5, 5.41) is 0. The number of hydrogen-bond acceptors (Lipinski definition) is 0. The molecular formula is C24H29F. The van der Waals surface area contributed by atoms with E-state index in [-0.39, 0.29) is 6.67 Å². The highest BCUT2D eigenvalue weighted by atomic mass is 19.1. The predicted molar refractivity (Wildman–Crippen MR) is 106 cm³/mol. The minimum Gasteiger partial charge on any atom is -0.251 e. The number of allylic oxidation sites excluding steroid dienone is 2. The Morgan fingerprint density at radius 2 is 1.48 bits per heavy atom. The smallest absolute Gasteiger partial charge is 0.0928 e. The summed E-state index contributed by atoms with van der Waals surface area (Å²) in [5.74, 6) is 1.33. The molecule has 1 heteroatoms. The van der Waals surface area contributed by atoms with Crippen molar-refractivity contribution in [2.75, 3.05) is 6.67 Å². The zero-order chi connectivity index (χ0) is 17.5. The first-order valence-corrected chi connectivity index (χ1v) is 9.72. The number of aryl methyl sites for hydroxylation is 1. The van der Waals surface area contributed by atoms with Crippen molar-refractivity contribution in [3.8, 4) is 11.1 Å². The zero-order valence-electron chi connectivity index (χ0n) is 15.3. The standard InChI is InChI=1S/C24H29F/c1-2-19-6-10-21(11-7-19)23-14-16-24(17-15-23)22-12-8-20(9-13-22)5-3-4-18-25/h3,5-7,10-11,14-17,20,22H,2,4,8-9,12-13,18H2,1H3/b5-3+. The van der Waals surface area contributed by atoms with E-state index < -0.39 is 0 Å². The number of alkyl halides is 1. The van der Waals surface area contributed by atoms with E-state index in [4.69, 9.17) is 0 Å². The molecule has 0 spiro atoms. The number of hydrogen-bond donors (Lipinski definition) is 0. The van der Waals surface area contributed by atoms with E-state index in [1.807, 2.05) is 6.08 Å². The van der Waals surface area contributed by atoms with Gasteiger partial charge in [0.2, 0.25) is 0 Å². The molecule has 0 atom stereocenters. The van der Waals surface area contributed by atoms with Crippen molar-refractivity contribution < 1.29 is 4.39 Å². The lowest BCUT2D eigenvalue weighted by molar-refractivity contribution is 0.375. The maximum atomic E-state index is 12.2. The molecule has 0 heterocycles. The van der Waals surface area contributed by atoms with Crippen molar-refractivity contribution in [2.24, 2.45) is 5.92 Å². The second kappa shape index (κ2) is 8.99. The highest BCUT2D eigenvalue weighted by molar-refractivity contribution is 5.64. The molecule has 0 unspecified atom stereocenters. The van der Waals surface area contributed by atoms with Crippen molar-refractivity contribution >= 4 is 0 Å². The van der Waals surface area contributed by atoms with Gasteiger partial charge in [-0.25, -0.2) is 0 Å². The summed E-state index contributed by atoms with van der Waals surface area (Å²) in [6.45, 7) is 1.95. The molecule has 1 saturated carbocycles. The number of benzene rings is 2. The fraction of sp³-hybridized carbons (Fsp3) is 0.417. The average molecular weight is 336 g/mol. The molecule has 132 valence electrons. The van der Waals surface area contributed by atoms with E-state index in [1.54, 1.807) is 0 Å². The van der Waals surface area contributed by atoms with E-state index in [0.29, 0.717) is 18.3 Å². The van der Waals surface area contributed by atoms with Gasteiger partial charge in [-0.15, -0.1) is 0 Å². The molecule has 3 rings (SSSR count). The van der Waals surface area contributed by atoms with Gasteiger partial charge in [0.25, 0.3) is 0 Å². The van der Waals surface area contributed by atoms with Crippen LogP contribution in [0.2, 0.25) is 0 Å². The molecule has 0 nitrogen and oxygen atoms in total. The Kier molecular flexibility index (Phi) is 6.44. The first-order chi connectivity index (χ1) is 12.3.